The van der Waals surface area contributed by atoms with Crippen molar-refractivity contribution in [3.8, 4) is 0 Å². The Morgan fingerprint density at radius 1 is 1.60 bits per heavy atom. The highest BCUT2D eigenvalue weighted by molar-refractivity contribution is 5.76. The highest BCUT2D eigenvalue weighted by Crippen LogP contribution is 2.14. The van der Waals surface area contributed by atoms with Gasteiger partial charge >= 0.3 is 5.97 Å². The van der Waals surface area contributed by atoms with Crippen LogP contribution in [0.15, 0.2) is 24.4 Å². The number of carbonyl (C=O) groups excluding carboxylic acids is 2. The molecule has 0 saturated heterocycles. The third-order valence-electron chi connectivity index (χ3n) is 1.92. The van der Waals surface area contributed by atoms with Crippen LogP contribution in [0.1, 0.15) is 25.0 Å². The number of nitrogens with zero attached hydrogens (tertiary/aromatic N) is 1. The van der Waals surface area contributed by atoms with Crippen molar-refractivity contribution in [2.45, 2.75) is 19.3 Å². The second-order valence-corrected chi connectivity index (χ2v) is 3.01. The van der Waals surface area contributed by atoms with E-state index in [1.54, 1.807) is 31.3 Å². The van der Waals surface area contributed by atoms with Crippen molar-refractivity contribution in [1.82, 2.24) is 4.98 Å². The number of hydrogen-bond donors (Lipinski definition) is 0. The zero-order valence-corrected chi connectivity index (χ0v) is 8.55. The molecule has 0 aromatic carbocycles. The summed E-state index contributed by atoms with van der Waals surface area (Å²) >= 11 is 0. The lowest BCUT2D eigenvalue weighted by molar-refractivity contribution is -0.144. The summed E-state index contributed by atoms with van der Waals surface area (Å²) in [5.74, 6) is -0.884. The second-order valence-electron chi connectivity index (χ2n) is 3.01. The van der Waals surface area contributed by atoms with Crippen LogP contribution >= 0.6 is 0 Å². The molecule has 15 heavy (non-hydrogen) atoms. The number of carbonyl (C=O) groups is 2. The predicted molar refractivity (Wildman–Crippen MR) is 54.3 cm³/mol. The second kappa shape index (κ2) is 5.90. The van der Waals surface area contributed by atoms with Crippen molar-refractivity contribution in [3.63, 3.8) is 0 Å². The summed E-state index contributed by atoms with van der Waals surface area (Å²) in [5, 5.41) is 0. The lowest BCUT2D eigenvalue weighted by atomic mass is 10.0. The van der Waals surface area contributed by atoms with Crippen LogP contribution in [-0.4, -0.2) is 23.8 Å². The van der Waals surface area contributed by atoms with Crippen molar-refractivity contribution < 1.29 is 14.3 Å². The highest BCUT2D eigenvalue weighted by Gasteiger charge is 2.16. The minimum Gasteiger partial charge on any atom is -0.466 e. The SMILES string of the molecule is CCOC(=O)CC(C=O)c1ccccn1. The van der Waals surface area contributed by atoms with Gasteiger partial charge in [0.25, 0.3) is 0 Å². The van der Waals surface area contributed by atoms with Gasteiger partial charge in [-0.15, -0.1) is 0 Å². The third kappa shape index (κ3) is 3.50. The molecule has 0 aliphatic rings. The van der Waals surface area contributed by atoms with Crippen molar-refractivity contribution >= 4 is 12.3 Å². The van der Waals surface area contributed by atoms with Gasteiger partial charge in [0.1, 0.15) is 6.29 Å². The van der Waals surface area contributed by atoms with Crippen LogP contribution in [0, 0.1) is 0 Å². The Kier molecular flexibility index (Phi) is 4.47. The lowest BCUT2D eigenvalue weighted by Gasteiger charge is -2.08. The minimum atomic E-state index is -0.509. The molecule has 1 rings (SSSR count). The van der Waals surface area contributed by atoms with E-state index < -0.39 is 5.92 Å². The zero-order valence-electron chi connectivity index (χ0n) is 8.55. The molecule has 1 unspecified atom stereocenters. The molecule has 1 heterocycles. The quantitative estimate of drug-likeness (QED) is 0.539. The fourth-order valence-electron chi connectivity index (χ4n) is 1.22. The van der Waals surface area contributed by atoms with Gasteiger partial charge in [0.15, 0.2) is 0 Å². The third-order valence-corrected chi connectivity index (χ3v) is 1.92. The average molecular weight is 207 g/mol. The Labute approximate surface area is 88.3 Å². The van der Waals surface area contributed by atoms with Gasteiger partial charge in [0.2, 0.25) is 0 Å². The molecule has 0 amide bonds. The number of pyridine rings is 1. The monoisotopic (exact) mass is 207 g/mol. The van der Waals surface area contributed by atoms with Gasteiger partial charge in [-0.05, 0) is 19.1 Å². The maximum absolute atomic E-state index is 11.2. The summed E-state index contributed by atoms with van der Waals surface area (Å²) < 4.78 is 4.77. The van der Waals surface area contributed by atoms with E-state index in [9.17, 15) is 9.59 Å². The summed E-state index contributed by atoms with van der Waals surface area (Å²) in [6.45, 7) is 2.06. The van der Waals surface area contributed by atoms with Gasteiger partial charge in [-0.25, -0.2) is 0 Å². The van der Waals surface area contributed by atoms with Crippen LogP contribution in [0.5, 0.6) is 0 Å². The normalized spacial score (nSPS) is 11.8. The first-order chi connectivity index (χ1) is 7.27. The first-order valence-corrected chi connectivity index (χ1v) is 4.79. The van der Waals surface area contributed by atoms with E-state index in [-0.39, 0.29) is 12.4 Å². The summed E-state index contributed by atoms with van der Waals surface area (Å²) in [5.41, 5.74) is 0.598. The molecule has 0 bridgehead atoms. The standard InChI is InChI=1S/C11H13NO3/c1-2-15-11(14)7-9(8-13)10-5-3-4-6-12-10/h3-6,8-9H,2,7H2,1H3. The molecule has 0 aliphatic heterocycles. The van der Waals surface area contributed by atoms with Gasteiger partial charge in [0.05, 0.1) is 24.6 Å². The number of hydrogen-bond acceptors (Lipinski definition) is 4. The van der Waals surface area contributed by atoms with Crippen LogP contribution in [0.2, 0.25) is 0 Å². The summed E-state index contributed by atoms with van der Waals surface area (Å²) in [4.78, 5) is 26.0. The molecule has 80 valence electrons. The smallest absolute Gasteiger partial charge is 0.306 e. The predicted octanol–water partition coefficient (Wildman–Crippen LogP) is 1.32. The average Bonchev–Trinajstić information content (AvgIpc) is 2.27. The van der Waals surface area contributed by atoms with E-state index >= 15 is 0 Å². The van der Waals surface area contributed by atoms with E-state index in [0.29, 0.717) is 12.3 Å². The maximum Gasteiger partial charge on any atom is 0.306 e. The Morgan fingerprint density at radius 3 is 2.93 bits per heavy atom. The van der Waals surface area contributed by atoms with Gasteiger partial charge in [-0.1, -0.05) is 6.07 Å². The molecule has 0 fully saturated rings. The number of rotatable bonds is 5. The van der Waals surface area contributed by atoms with Gasteiger partial charge in [0, 0.05) is 6.20 Å². The molecular formula is C11H13NO3. The largest absolute Gasteiger partial charge is 0.466 e. The van der Waals surface area contributed by atoms with Crippen molar-refractivity contribution in [3.05, 3.63) is 30.1 Å². The van der Waals surface area contributed by atoms with Crippen LogP contribution in [0.4, 0.5) is 0 Å². The molecule has 0 N–H and O–H groups in total. The fraction of sp³-hybridized carbons (Fsp3) is 0.364. The van der Waals surface area contributed by atoms with E-state index in [1.807, 2.05) is 0 Å². The Morgan fingerprint density at radius 2 is 2.40 bits per heavy atom. The molecule has 0 saturated carbocycles. The number of aldehydes is 1. The van der Waals surface area contributed by atoms with Crippen LogP contribution in [-0.2, 0) is 14.3 Å². The number of aromatic nitrogens is 1. The topological polar surface area (TPSA) is 56.3 Å². The molecule has 0 aliphatic carbocycles. The Bertz CT molecular complexity index is 324. The van der Waals surface area contributed by atoms with Crippen LogP contribution in [0.3, 0.4) is 0 Å². The molecule has 1 atom stereocenters. The molecule has 0 spiro atoms. The fourth-order valence-corrected chi connectivity index (χ4v) is 1.22. The number of esters is 1. The van der Waals surface area contributed by atoms with Crippen molar-refractivity contribution in [2.24, 2.45) is 0 Å². The van der Waals surface area contributed by atoms with E-state index in [0.717, 1.165) is 6.29 Å². The van der Waals surface area contributed by atoms with Crippen molar-refractivity contribution in [1.29, 1.82) is 0 Å². The first-order valence-electron chi connectivity index (χ1n) is 4.79. The van der Waals surface area contributed by atoms with E-state index in [4.69, 9.17) is 4.74 Å². The molecule has 1 aromatic rings. The van der Waals surface area contributed by atoms with Crippen molar-refractivity contribution in [2.75, 3.05) is 6.61 Å². The molecule has 0 radical (unpaired) electrons. The zero-order chi connectivity index (χ0) is 11.1. The highest BCUT2D eigenvalue weighted by atomic mass is 16.5. The number of ether oxygens (including phenoxy) is 1. The molecular weight excluding hydrogens is 194 g/mol. The van der Waals surface area contributed by atoms with Gasteiger partial charge in [-0.3, -0.25) is 9.78 Å². The minimum absolute atomic E-state index is 0.0500. The Balaban J connectivity index is 2.65. The maximum atomic E-state index is 11.2. The van der Waals surface area contributed by atoms with Crippen LogP contribution in [0.25, 0.3) is 0 Å². The summed E-state index contributed by atoms with van der Waals surface area (Å²) in [7, 11) is 0. The first kappa shape index (κ1) is 11.4. The molecule has 1 aromatic heterocycles. The van der Waals surface area contributed by atoms with Gasteiger partial charge in [-0.2, -0.15) is 0 Å². The molecule has 4 nitrogen and oxygen atoms in total. The summed E-state index contributed by atoms with van der Waals surface area (Å²) in [6.07, 6.45) is 2.37. The summed E-state index contributed by atoms with van der Waals surface area (Å²) in [6, 6.07) is 5.26. The van der Waals surface area contributed by atoms with Gasteiger partial charge < -0.3 is 9.53 Å². The lowest BCUT2D eigenvalue weighted by Crippen LogP contribution is -2.12. The Hall–Kier alpha value is -1.71. The molecule has 4 heteroatoms. The van der Waals surface area contributed by atoms with E-state index in [1.165, 1.54) is 0 Å². The van der Waals surface area contributed by atoms with E-state index in [2.05, 4.69) is 4.98 Å². The van der Waals surface area contributed by atoms with Crippen LogP contribution < -0.4 is 0 Å².